The van der Waals surface area contributed by atoms with Gasteiger partial charge in [-0.15, -0.1) is 11.3 Å². The van der Waals surface area contributed by atoms with Crippen LogP contribution in [-0.4, -0.2) is 17.6 Å². The van der Waals surface area contributed by atoms with Crippen LogP contribution < -0.4 is 10.6 Å². The average molecular weight is 419 g/mol. The molecule has 2 amide bonds. The van der Waals surface area contributed by atoms with E-state index in [0.29, 0.717) is 27.4 Å². The first-order valence-corrected chi connectivity index (χ1v) is 10.8. The minimum Gasteiger partial charge on any atom is -0.322 e. The van der Waals surface area contributed by atoms with Gasteiger partial charge in [-0.1, -0.05) is 18.2 Å². The van der Waals surface area contributed by atoms with Gasteiger partial charge in [-0.2, -0.15) is 0 Å². The van der Waals surface area contributed by atoms with Gasteiger partial charge < -0.3 is 10.6 Å². The fourth-order valence-electron chi connectivity index (χ4n) is 3.64. The Hall–Kier alpha value is -3.25. The average Bonchev–Trinajstić information content (AvgIpc) is 3.12. The lowest BCUT2D eigenvalue weighted by molar-refractivity contribution is 0.101. The minimum atomic E-state index is -0.242. The van der Waals surface area contributed by atoms with Gasteiger partial charge in [-0.05, 0) is 74.6 Å². The van der Waals surface area contributed by atoms with E-state index in [2.05, 4.69) is 10.6 Å². The van der Waals surface area contributed by atoms with Gasteiger partial charge >= 0.3 is 0 Å². The second kappa shape index (κ2) is 8.63. The molecule has 3 aromatic rings. The van der Waals surface area contributed by atoms with Gasteiger partial charge in [0.15, 0.2) is 5.78 Å². The van der Waals surface area contributed by atoms with Crippen molar-refractivity contribution in [2.45, 2.75) is 32.6 Å². The summed E-state index contributed by atoms with van der Waals surface area (Å²) in [5.74, 6) is -0.493. The summed E-state index contributed by atoms with van der Waals surface area (Å²) < 4.78 is 0. The van der Waals surface area contributed by atoms with Gasteiger partial charge in [0.1, 0.15) is 5.00 Å². The van der Waals surface area contributed by atoms with Crippen molar-refractivity contribution in [3.63, 3.8) is 0 Å². The second-order valence-electron chi connectivity index (χ2n) is 7.32. The monoisotopic (exact) mass is 418 g/mol. The van der Waals surface area contributed by atoms with Gasteiger partial charge in [0, 0.05) is 21.7 Å². The fraction of sp³-hybridized carbons (Fsp3) is 0.208. The topological polar surface area (TPSA) is 75.3 Å². The van der Waals surface area contributed by atoms with Gasteiger partial charge in [0.2, 0.25) is 0 Å². The molecule has 0 spiro atoms. The Kier molecular flexibility index (Phi) is 5.77. The molecule has 152 valence electrons. The van der Waals surface area contributed by atoms with E-state index >= 15 is 0 Å². The third-order valence-corrected chi connectivity index (χ3v) is 6.42. The van der Waals surface area contributed by atoms with Crippen LogP contribution in [0.3, 0.4) is 0 Å². The standard InChI is InChI=1S/C24H22N2O3S/c1-15(27)16-11-13-18(14-12-16)25-23(29)21-19-9-5-6-10-20(19)30-24(21)26-22(28)17-7-3-2-4-8-17/h2-4,7-8,11-14H,5-6,9-10H2,1H3,(H,25,29)(H,26,28). The molecule has 0 fully saturated rings. The normalized spacial score (nSPS) is 12.7. The summed E-state index contributed by atoms with van der Waals surface area (Å²) in [6, 6.07) is 15.8. The highest BCUT2D eigenvalue weighted by atomic mass is 32.1. The van der Waals surface area contributed by atoms with Crippen molar-refractivity contribution < 1.29 is 14.4 Å². The Morgan fingerprint density at radius 1 is 0.800 bits per heavy atom. The molecular formula is C24H22N2O3S. The fourth-order valence-corrected chi connectivity index (χ4v) is 4.92. The van der Waals surface area contributed by atoms with E-state index in [1.165, 1.54) is 23.1 Å². The van der Waals surface area contributed by atoms with Crippen molar-refractivity contribution in [3.8, 4) is 0 Å². The third-order valence-electron chi connectivity index (χ3n) is 5.21. The van der Waals surface area contributed by atoms with Gasteiger partial charge in [0.25, 0.3) is 11.8 Å². The molecule has 0 saturated heterocycles. The van der Waals surface area contributed by atoms with Crippen LogP contribution in [0, 0.1) is 0 Å². The number of ketones is 1. The van der Waals surface area contributed by atoms with Gasteiger partial charge in [-0.3, -0.25) is 14.4 Å². The molecular weight excluding hydrogens is 396 g/mol. The van der Waals surface area contributed by atoms with Gasteiger partial charge in [-0.25, -0.2) is 0 Å². The molecule has 6 heteroatoms. The van der Waals surface area contributed by atoms with Crippen LogP contribution in [0.2, 0.25) is 0 Å². The molecule has 0 unspecified atom stereocenters. The number of carbonyl (C=O) groups excluding carboxylic acids is 3. The molecule has 0 radical (unpaired) electrons. The molecule has 1 aliphatic rings. The zero-order chi connectivity index (χ0) is 21.1. The highest BCUT2D eigenvalue weighted by molar-refractivity contribution is 7.17. The van der Waals surface area contributed by atoms with E-state index in [0.717, 1.165) is 31.2 Å². The number of aryl methyl sites for hydroxylation is 1. The maximum atomic E-state index is 13.2. The smallest absolute Gasteiger partial charge is 0.258 e. The summed E-state index contributed by atoms with van der Waals surface area (Å²) >= 11 is 1.49. The number of hydrogen-bond acceptors (Lipinski definition) is 4. The Labute approximate surface area is 179 Å². The van der Waals surface area contributed by atoms with Crippen molar-refractivity contribution in [1.82, 2.24) is 0 Å². The second-order valence-corrected chi connectivity index (χ2v) is 8.43. The van der Waals surface area contributed by atoms with E-state index in [9.17, 15) is 14.4 Å². The summed E-state index contributed by atoms with van der Waals surface area (Å²) in [4.78, 5) is 38.5. The van der Waals surface area contributed by atoms with Crippen molar-refractivity contribution in [2.24, 2.45) is 0 Å². The van der Waals surface area contributed by atoms with E-state index in [-0.39, 0.29) is 17.6 Å². The number of hydrogen-bond donors (Lipinski definition) is 2. The highest BCUT2D eigenvalue weighted by Gasteiger charge is 2.26. The summed E-state index contributed by atoms with van der Waals surface area (Å²) in [5, 5.41) is 6.46. The lowest BCUT2D eigenvalue weighted by atomic mass is 9.95. The molecule has 2 aromatic carbocycles. The first-order chi connectivity index (χ1) is 14.5. The predicted octanol–water partition coefficient (Wildman–Crippen LogP) is 5.33. The van der Waals surface area contributed by atoms with Crippen LogP contribution in [0.15, 0.2) is 54.6 Å². The largest absolute Gasteiger partial charge is 0.322 e. The first kappa shape index (κ1) is 20.0. The maximum absolute atomic E-state index is 13.2. The van der Waals surface area contributed by atoms with E-state index in [1.807, 2.05) is 18.2 Å². The van der Waals surface area contributed by atoms with Crippen molar-refractivity contribution in [2.75, 3.05) is 10.6 Å². The Morgan fingerprint density at radius 2 is 1.50 bits per heavy atom. The molecule has 1 heterocycles. The first-order valence-electron chi connectivity index (χ1n) is 9.96. The summed E-state index contributed by atoms with van der Waals surface area (Å²) in [6.45, 7) is 1.51. The number of Topliss-reactive ketones (excluding diaryl/α,β-unsaturated/α-hetero) is 1. The van der Waals surface area contributed by atoms with Crippen molar-refractivity contribution in [1.29, 1.82) is 0 Å². The number of nitrogens with one attached hydrogen (secondary N) is 2. The Bertz CT molecular complexity index is 1100. The van der Waals surface area contributed by atoms with Crippen LogP contribution >= 0.6 is 11.3 Å². The molecule has 0 atom stereocenters. The minimum absolute atomic E-state index is 0.0225. The van der Waals surface area contributed by atoms with Crippen molar-refractivity contribution in [3.05, 3.63) is 81.7 Å². The molecule has 0 bridgehead atoms. The van der Waals surface area contributed by atoms with E-state index in [1.54, 1.807) is 36.4 Å². The molecule has 30 heavy (non-hydrogen) atoms. The third kappa shape index (κ3) is 4.19. The highest BCUT2D eigenvalue weighted by Crippen LogP contribution is 2.38. The molecule has 0 saturated carbocycles. The Balaban J connectivity index is 1.62. The molecule has 5 nitrogen and oxygen atoms in total. The quantitative estimate of drug-likeness (QED) is 0.550. The van der Waals surface area contributed by atoms with Crippen molar-refractivity contribution >= 4 is 39.6 Å². The summed E-state index contributed by atoms with van der Waals surface area (Å²) in [5.41, 5.74) is 3.34. The number of fused-ring (bicyclic) bond motifs is 1. The number of thiophene rings is 1. The lowest BCUT2D eigenvalue weighted by Crippen LogP contribution is -2.18. The summed E-state index contributed by atoms with van der Waals surface area (Å²) in [7, 11) is 0. The molecule has 0 aliphatic heterocycles. The lowest BCUT2D eigenvalue weighted by Gasteiger charge is -2.13. The number of rotatable bonds is 5. The maximum Gasteiger partial charge on any atom is 0.258 e. The Morgan fingerprint density at radius 3 is 2.20 bits per heavy atom. The molecule has 1 aromatic heterocycles. The van der Waals surface area contributed by atoms with Crippen LogP contribution in [-0.2, 0) is 12.8 Å². The zero-order valence-electron chi connectivity index (χ0n) is 16.7. The number of anilines is 2. The van der Waals surface area contributed by atoms with Crippen LogP contribution in [0.1, 0.15) is 61.3 Å². The number of carbonyl (C=O) groups is 3. The predicted molar refractivity (Wildman–Crippen MR) is 120 cm³/mol. The van der Waals surface area contributed by atoms with E-state index in [4.69, 9.17) is 0 Å². The van der Waals surface area contributed by atoms with Crippen LogP contribution in [0.5, 0.6) is 0 Å². The SMILES string of the molecule is CC(=O)c1ccc(NC(=O)c2c(NC(=O)c3ccccc3)sc3c2CCCC3)cc1. The zero-order valence-corrected chi connectivity index (χ0v) is 17.5. The van der Waals surface area contributed by atoms with Crippen LogP contribution in [0.4, 0.5) is 10.7 Å². The van der Waals surface area contributed by atoms with Crippen LogP contribution in [0.25, 0.3) is 0 Å². The van der Waals surface area contributed by atoms with Gasteiger partial charge in [0.05, 0.1) is 5.56 Å². The molecule has 1 aliphatic carbocycles. The number of amides is 2. The van der Waals surface area contributed by atoms with E-state index < -0.39 is 0 Å². The summed E-state index contributed by atoms with van der Waals surface area (Å²) in [6.07, 6.45) is 3.88. The molecule has 4 rings (SSSR count). The number of benzene rings is 2. The molecule has 2 N–H and O–H groups in total.